The first kappa shape index (κ1) is 14.4. The molecule has 4 heteroatoms. The van der Waals surface area contributed by atoms with Gasteiger partial charge >= 0.3 is 0 Å². The Kier molecular flexibility index (Phi) is 5.01. The number of carbonyl (C=O) groups excluding carboxylic acids is 1. The first-order valence-electron chi connectivity index (χ1n) is 6.29. The molecule has 100 valence electrons. The molecular formula is C14H23N3O. The van der Waals surface area contributed by atoms with Crippen molar-refractivity contribution in [2.45, 2.75) is 19.8 Å². The maximum absolute atomic E-state index is 12.1. The average Bonchev–Trinajstić information content (AvgIpc) is 2.34. The highest BCUT2D eigenvalue weighted by Crippen LogP contribution is 2.22. The molecule has 0 saturated heterocycles. The Morgan fingerprint density at radius 3 is 2.44 bits per heavy atom. The van der Waals surface area contributed by atoms with E-state index in [1.807, 2.05) is 38.2 Å². The van der Waals surface area contributed by atoms with Gasteiger partial charge < -0.3 is 15.5 Å². The predicted molar refractivity (Wildman–Crippen MR) is 77.0 cm³/mol. The van der Waals surface area contributed by atoms with Crippen LogP contribution in [-0.4, -0.2) is 38.5 Å². The largest absolute Gasteiger partial charge is 0.397 e. The molecule has 0 atom stereocenters. The second-order valence-corrected chi connectivity index (χ2v) is 4.75. The molecule has 0 aromatic heterocycles. The number of unbranched alkanes of at least 4 members (excludes halogenated alkanes) is 1. The van der Waals surface area contributed by atoms with Gasteiger partial charge in [-0.1, -0.05) is 13.3 Å². The van der Waals surface area contributed by atoms with E-state index in [9.17, 15) is 4.79 Å². The van der Waals surface area contributed by atoms with Crippen molar-refractivity contribution in [3.63, 3.8) is 0 Å². The first-order valence-corrected chi connectivity index (χ1v) is 6.29. The summed E-state index contributed by atoms with van der Waals surface area (Å²) in [6.07, 6.45) is 2.10. The Balaban J connectivity index is 2.84. The van der Waals surface area contributed by atoms with Gasteiger partial charge in [0.05, 0.1) is 11.4 Å². The van der Waals surface area contributed by atoms with Crippen molar-refractivity contribution < 1.29 is 4.79 Å². The van der Waals surface area contributed by atoms with E-state index < -0.39 is 0 Å². The summed E-state index contributed by atoms with van der Waals surface area (Å²) in [4.78, 5) is 15.8. The number of nitrogen functional groups attached to an aromatic ring is 1. The fraction of sp³-hybridized carbons (Fsp3) is 0.500. The van der Waals surface area contributed by atoms with E-state index >= 15 is 0 Å². The Bertz CT molecular complexity index is 416. The topological polar surface area (TPSA) is 49.6 Å². The zero-order valence-corrected chi connectivity index (χ0v) is 11.7. The lowest BCUT2D eigenvalue weighted by Crippen LogP contribution is -2.27. The van der Waals surface area contributed by atoms with Crippen LogP contribution >= 0.6 is 0 Å². The zero-order valence-electron chi connectivity index (χ0n) is 11.7. The number of hydrogen-bond donors (Lipinski definition) is 1. The van der Waals surface area contributed by atoms with Crippen LogP contribution in [0.3, 0.4) is 0 Å². The molecule has 0 fully saturated rings. The number of nitrogens with two attached hydrogens (primary N) is 1. The van der Waals surface area contributed by atoms with Gasteiger partial charge in [0.15, 0.2) is 0 Å². The minimum absolute atomic E-state index is 0.0282. The van der Waals surface area contributed by atoms with Crippen LogP contribution < -0.4 is 10.6 Å². The molecule has 0 aliphatic rings. The fourth-order valence-corrected chi connectivity index (χ4v) is 1.81. The second kappa shape index (κ2) is 6.28. The molecule has 1 rings (SSSR count). The Hall–Kier alpha value is -1.71. The van der Waals surface area contributed by atoms with Gasteiger partial charge in [-0.2, -0.15) is 0 Å². The number of anilines is 2. The summed E-state index contributed by atoms with van der Waals surface area (Å²) in [6, 6.07) is 5.47. The standard InChI is InChI=1S/C14H23N3O/c1-5-6-9-17(4)14(18)11-7-8-13(16(2)3)12(15)10-11/h7-8,10H,5-6,9,15H2,1-4H3. The van der Waals surface area contributed by atoms with Crippen molar-refractivity contribution >= 4 is 17.3 Å². The van der Waals surface area contributed by atoms with E-state index in [1.165, 1.54) is 0 Å². The molecule has 0 saturated carbocycles. The van der Waals surface area contributed by atoms with Gasteiger partial charge in [0.1, 0.15) is 0 Å². The lowest BCUT2D eigenvalue weighted by Gasteiger charge is -2.19. The molecule has 4 nitrogen and oxygen atoms in total. The first-order chi connectivity index (χ1) is 8.47. The highest BCUT2D eigenvalue weighted by molar-refractivity contribution is 5.96. The van der Waals surface area contributed by atoms with E-state index in [-0.39, 0.29) is 5.91 Å². The minimum Gasteiger partial charge on any atom is -0.397 e. The maximum atomic E-state index is 12.1. The Morgan fingerprint density at radius 2 is 1.94 bits per heavy atom. The van der Waals surface area contributed by atoms with Crippen LogP contribution in [0.2, 0.25) is 0 Å². The number of carbonyl (C=O) groups is 1. The summed E-state index contributed by atoms with van der Waals surface area (Å²) >= 11 is 0. The molecular weight excluding hydrogens is 226 g/mol. The van der Waals surface area contributed by atoms with Crippen LogP contribution in [0.1, 0.15) is 30.1 Å². The highest BCUT2D eigenvalue weighted by atomic mass is 16.2. The van der Waals surface area contributed by atoms with Gasteiger partial charge in [0, 0.05) is 33.3 Å². The summed E-state index contributed by atoms with van der Waals surface area (Å²) in [7, 11) is 5.69. The van der Waals surface area contributed by atoms with Gasteiger partial charge in [0.2, 0.25) is 0 Å². The molecule has 0 bridgehead atoms. The number of hydrogen-bond acceptors (Lipinski definition) is 3. The lowest BCUT2D eigenvalue weighted by atomic mass is 10.1. The van der Waals surface area contributed by atoms with Crippen molar-refractivity contribution in [1.82, 2.24) is 4.90 Å². The highest BCUT2D eigenvalue weighted by Gasteiger charge is 2.13. The fourth-order valence-electron chi connectivity index (χ4n) is 1.81. The van der Waals surface area contributed by atoms with Crippen molar-refractivity contribution in [2.24, 2.45) is 0 Å². The van der Waals surface area contributed by atoms with Gasteiger partial charge in [-0.3, -0.25) is 4.79 Å². The molecule has 2 N–H and O–H groups in total. The van der Waals surface area contributed by atoms with Crippen LogP contribution in [0.25, 0.3) is 0 Å². The van der Waals surface area contributed by atoms with Crippen LogP contribution in [-0.2, 0) is 0 Å². The summed E-state index contributed by atoms with van der Waals surface area (Å²) in [5, 5.41) is 0. The summed E-state index contributed by atoms with van der Waals surface area (Å²) in [6.45, 7) is 2.90. The summed E-state index contributed by atoms with van der Waals surface area (Å²) in [5.41, 5.74) is 8.16. The number of benzene rings is 1. The molecule has 0 unspecified atom stereocenters. The second-order valence-electron chi connectivity index (χ2n) is 4.75. The van der Waals surface area contributed by atoms with Gasteiger partial charge in [-0.25, -0.2) is 0 Å². The third-order valence-electron chi connectivity index (χ3n) is 2.95. The number of amides is 1. The van der Waals surface area contributed by atoms with Crippen molar-refractivity contribution in [2.75, 3.05) is 38.3 Å². The quantitative estimate of drug-likeness (QED) is 0.814. The molecule has 0 aliphatic heterocycles. The molecule has 1 aromatic carbocycles. The molecule has 0 heterocycles. The molecule has 1 amide bonds. The molecule has 0 spiro atoms. The van der Waals surface area contributed by atoms with Crippen LogP contribution in [0.5, 0.6) is 0 Å². The van der Waals surface area contributed by atoms with Gasteiger partial charge in [-0.05, 0) is 24.6 Å². The summed E-state index contributed by atoms with van der Waals surface area (Å²) < 4.78 is 0. The maximum Gasteiger partial charge on any atom is 0.253 e. The molecule has 0 aliphatic carbocycles. The predicted octanol–water partition coefficient (Wildman–Crippen LogP) is 2.21. The van der Waals surface area contributed by atoms with E-state index in [0.717, 1.165) is 25.1 Å². The van der Waals surface area contributed by atoms with Crippen LogP contribution in [0, 0.1) is 0 Å². The van der Waals surface area contributed by atoms with Crippen molar-refractivity contribution in [3.05, 3.63) is 23.8 Å². The lowest BCUT2D eigenvalue weighted by molar-refractivity contribution is 0.0793. The number of rotatable bonds is 5. The molecule has 0 radical (unpaired) electrons. The SMILES string of the molecule is CCCCN(C)C(=O)c1ccc(N(C)C)c(N)c1. The molecule has 1 aromatic rings. The summed E-state index contributed by atoms with van der Waals surface area (Å²) in [5.74, 6) is 0.0282. The van der Waals surface area contributed by atoms with E-state index in [4.69, 9.17) is 5.73 Å². The number of nitrogens with zero attached hydrogens (tertiary/aromatic N) is 2. The van der Waals surface area contributed by atoms with Crippen LogP contribution in [0.4, 0.5) is 11.4 Å². The smallest absolute Gasteiger partial charge is 0.253 e. The van der Waals surface area contributed by atoms with Crippen molar-refractivity contribution in [1.29, 1.82) is 0 Å². The normalized spacial score (nSPS) is 10.2. The van der Waals surface area contributed by atoms with E-state index in [2.05, 4.69) is 6.92 Å². The molecule has 18 heavy (non-hydrogen) atoms. The third-order valence-corrected chi connectivity index (χ3v) is 2.95. The Morgan fingerprint density at radius 1 is 1.28 bits per heavy atom. The average molecular weight is 249 g/mol. The zero-order chi connectivity index (χ0) is 13.7. The van der Waals surface area contributed by atoms with Gasteiger partial charge in [-0.15, -0.1) is 0 Å². The third kappa shape index (κ3) is 3.39. The Labute approximate surface area is 109 Å². The van der Waals surface area contributed by atoms with Gasteiger partial charge in [0.25, 0.3) is 5.91 Å². The monoisotopic (exact) mass is 249 g/mol. The van der Waals surface area contributed by atoms with Crippen LogP contribution in [0.15, 0.2) is 18.2 Å². The van der Waals surface area contributed by atoms with E-state index in [1.54, 1.807) is 11.0 Å². The van der Waals surface area contributed by atoms with E-state index in [0.29, 0.717) is 11.3 Å². The minimum atomic E-state index is 0.0282. The van der Waals surface area contributed by atoms with Crippen molar-refractivity contribution in [3.8, 4) is 0 Å².